The number of rotatable bonds is 4. The smallest absolute Gasteiger partial charge is 0.244 e. The Morgan fingerprint density at radius 3 is 2.69 bits per heavy atom. The number of halogens is 1. The first-order valence-corrected chi connectivity index (χ1v) is 6.07. The largest absolute Gasteiger partial charge is 0.324 e. The monoisotopic (exact) mass is 284 g/mol. The van der Waals surface area contributed by atoms with Gasteiger partial charge in [0.15, 0.2) is 0 Å². The summed E-state index contributed by atoms with van der Waals surface area (Å²) in [6, 6.07) is 7.55. The van der Waals surface area contributed by atoms with Gasteiger partial charge in [-0.25, -0.2) is 0 Å². The third-order valence-corrected chi connectivity index (χ3v) is 2.76. The second-order valence-electron chi connectivity index (χ2n) is 4.12. The van der Waals surface area contributed by atoms with E-state index in [0.717, 1.165) is 16.7 Å². The van der Waals surface area contributed by atoms with Gasteiger partial charge >= 0.3 is 0 Å². The Morgan fingerprint density at radius 2 is 2.12 bits per heavy atom. The highest BCUT2D eigenvalue weighted by Gasteiger charge is 2.25. The van der Waals surface area contributed by atoms with Crippen molar-refractivity contribution in [3.05, 3.63) is 28.7 Å². The topological polar surface area (TPSA) is 41.1 Å². The zero-order valence-corrected chi connectivity index (χ0v) is 11.4. The van der Waals surface area contributed by atoms with Crippen molar-refractivity contribution in [1.82, 2.24) is 5.32 Å². The molecule has 1 aromatic carbocycles. The van der Waals surface area contributed by atoms with E-state index < -0.39 is 5.54 Å². The minimum Gasteiger partial charge on any atom is -0.324 e. The predicted molar refractivity (Wildman–Crippen MR) is 70.5 cm³/mol. The molecule has 0 fully saturated rings. The summed E-state index contributed by atoms with van der Waals surface area (Å²) in [5, 5.41) is 6.01. The molecule has 0 aromatic heterocycles. The molecule has 0 aliphatic heterocycles. The van der Waals surface area contributed by atoms with E-state index in [-0.39, 0.29) is 5.91 Å². The third-order valence-electron chi connectivity index (χ3n) is 2.27. The van der Waals surface area contributed by atoms with Crippen LogP contribution in [0.3, 0.4) is 0 Å². The predicted octanol–water partition coefficient (Wildman–Crippen LogP) is 2.78. The average Bonchev–Trinajstić information content (AvgIpc) is 2.17. The molecule has 2 N–H and O–H groups in total. The maximum Gasteiger partial charge on any atom is 0.244 e. The van der Waals surface area contributed by atoms with E-state index >= 15 is 0 Å². The zero-order valence-electron chi connectivity index (χ0n) is 9.80. The Balaban J connectivity index is 2.71. The Hall–Kier alpha value is -0.870. The third kappa shape index (κ3) is 3.61. The van der Waals surface area contributed by atoms with Crippen LogP contribution in [0.4, 0.5) is 5.69 Å². The highest BCUT2D eigenvalue weighted by Crippen LogP contribution is 2.17. The first-order valence-electron chi connectivity index (χ1n) is 5.28. The fraction of sp³-hybridized carbons (Fsp3) is 0.417. The number of anilines is 1. The molecule has 0 spiro atoms. The molecule has 1 rings (SSSR count). The Labute approximate surface area is 105 Å². The summed E-state index contributed by atoms with van der Waals surface area (Å²) in [7, 11) is 0. The Bertz CT molecular complexity index is 377. The summed E-state index contributed by atoms with van der Waals surface area (Å²) in [6.45, 7) is 6.47. The van der Waals surface area contributed by atoms with E-state index in [9.17, 15) is 4.79 Å². The van der Waals surface area contributed by atoms with Gasteiger partial charge in [-0.05, 0) is 38.6 Å². The molecule has 88 valence electrons. The number of hydrogen-bond acceptors (Lipinski definition) is 2. The van der Waals surface area contributed by atoms with E-state index in [0.29, 0.717) is 0 Å². The fourth-order valence-electron chi connectivity index (χ4n) is 1.38. The summed E-state index contributed by atoms with van der Waals surface area (Å²) >= 11 is 3.37. The highest BCUT2D eigenvalue weighted by molar-refractivity contribution is 9.10. The molecule has 0 heterocycles. The van der Waals surface area contributed by atoms with E-state index in [1.54, 1.807) is 0 Å². The summed E-state index contributed by atoms with van der Waals surface area (Å²) < 4.78 is 0.951. The van der Waals surface area contributed by atoms with Crippen LogP contribution in [-0.2, 0) is 4.79 Å². The zero-order chi connectivity index (χ0) is 12.2. The molecule has 0 atom stereocenters. The van der Waals surface area contributed by atoms with Gasteiger partial charge in [0, 0.05) is 10.2 Å². The van der Waals surface area contributed by atoms with Gasteiger partial charge in [0.05, 0.1) is 5.54 Å². The van der Waals surface area contributed by atoms with Crippen molar-refractivity contribution in [2.75, 3.05) is 11.9 Å². The molecule has 0 radical (unpaired) electrons. The molecular formula is C12H17BrN2O. The Kier molecular flexibility index (Phi) is 4.50. The minimum atomic E-state index is -0.558. The van der Waals surface area contributed by atoms with Crippen LogP contribution in [0, 0.1) is 0 Å². The first-order chi connectivity index (χ1) is 7.45. The summed E-state index contributed by atoms with van der Waals surface area (Å²) in [6.07, 6.45) is 0. The van der Waals surface area contributed by atoms with E-state index in [4.69, 9.17) is 0 Å². The van der Waals surface area contributed by atoms with Gasteiger partial charge in [-0.15, -0.1) is 0 Å². The van der Waals surface area contributed by atoms with Gasteiger partial charge in [-0.1, -0.05) is 28.9 Å². The summed E-state index contributed by atoms with van der Waals surface area (Å²) in [4.78, 5) is 11.9. The number of hydrogen-bond donors (Lipinski definition) is 2. The lowest BCUT2D eigenvalue weighted by atomic mass is 10.0. The standard InChI is InChI=1S/C12H17BrN2O/c1-4-14-12(2,3)11(16)15-10-7-5-6-9(13)8-10/h5-8,14H,4H2,1-3H3,(H,15,16). The molecule has 0 aliphatic carbocycles. The van der Waals surface area contributed by atoms with Crippen LogP contribution in [0.25, 0.3) is 0 Å². The number of nitrogens with one attached hydrogen (secondary N) is 2. The SMILES string of the molecule is CCNC(C)(C)C(=O)Nc1cccc(Br)c1. The molecule has 0 bridgehead atoms. The van der Waals surface area contributed by atoms with Gasteiger partial charge in [-0.2, -0.15) is 0 Å². The van der Waals surface area contributed by atoms with Gasteiger partial charge in [-0.3, -0.25) is 4.79 Å². The number of carbonyl (C=O) groups excluding carboxylic acids is 1. The quantitative estimate of drug-likeness (QED) is 0.893. The maximum absolute atomic E-state index is 11.9. The van der Waals surface area contributed by atoms with Crippen molar-refractivity contribution >= 4 is 27.5 Å². The van der Waals surface area contributed by atoms with Crippen molar-refractivity contribution in [2.24, 2.45) is 0 Å². The van der Waals surface area contributed by atoms with Gasteiger partial charge in [0.2, 0.25) is 5.91 Å². The minimum absolute atomic E-state index is 0.0348. The first kappa shape index (κ1) is 13.2. The van der Waals surface area contributed by atoms with Crippen molar-refractivity contribution in [3.8, 4) is 0 Å². The van der Waals surface area contributed by atoms with Crippen LogP contribution >= 0.6 is 15.9 Å². The number of carbonyl (C=O) groups is 1. The summed E-state index contributed by atoms with van der Waals surface area (Å²) in [5.74, 6) is -0.0348. The molecule has 1 amide bonds. The molecule has 0 unspecified atom stereocenters. The molecule has 1 aromatic rings. The van der Waals surface area contributed by atoms with E-state index in [1.807, 2.05) is 45.0 Å². The molecule has 0 saturated carbocycles. The molecule has 3 nitrogen and oxygen atoms in total. The fourth-order valence-corrected chi connectivity index (χ4v) is 1.78. The molecular weight excluding hydrogens is 268 g/mol. The normalized spacial score (nSPS) is 11.2. The molecule has 16 heavy (non-hydrogen) atoms. The number of amides is 1. The number of likely N-dealkylation sites (N-methyl/N-ethyl adjacent to an activating group) is 1. The Morgan fingerprint density at radius 1 is 1.44 bits per heavy atom. The van der Waals surface area contributed by atoms with Crippen LogP contribution in [0.2, 0.25) is 0 Å². The van der Waals surface area contributed by atoms with Crippen LogP contribution < -0.4 is 10.6 Å². The second-order valence-corrected chi connectivity index (χ2v) is 5.04. The van der Waals surface area contributed by atoms with E-state index in [1.165, 1.54) is 0 Å². The van der Waals surface area contributed by atoms with Crippen LogP contribution in [0.5, 0.6) is 0 Å². The van der Waals surface area contributed by atoms with Crippen molar-refractivity contribution in [1.29, 1.82) is 0 Å². The molecule has 0 saturated heterocycles. The lowest BCUT2D eigenvalue weighted by molar-refractivity contribution is -0.121. The summed E-state index contributed by atoms with van der Waals surface area (Å²) in [5.41, 5.74) is 0.238. The van der Waals surface area contributed by atoms with Gasteiger partial charge in [0.25, 0.3) is 0 Å². The van der Waals surface area contributed by atoms with Crippen LogP contribution in [0.15, 0.2) is 28.7 Å². The number of benzene rings is 1. The second kappa shape index (κ2) is 5.46. The van der Waals surface area contributed by atoms with Crippen LogP contribution in [-0.4, -0.2) is 18.0 Å². The van der Waals surface area contributed by atoms with E-state index in [2.05, 4.69) is 26.6 Å². The lowest BCUT2D eigenvalue weighted by Gasteiger charge is -2.24. The lowest BCUT2D eigenvalue weighted by Crippen LogP contribution is -2.49. The highest BCUT2D eigenvalue weighted by atomic mass is 79.9. The molecule has 0 aliphatic rings. The van der Waals surface area contributed by atoms with Gasteiger partial charge in [0.1, 0.15) is 0 Å². The average molecular weight is 285 g/mol. The van der Waals surface area contributed by atoms with Gasteiger partial charge < -0.3 is 10.6 Å². The van der Waals surface area contributed by atoms with Crippen molar-refractivity contribution < 1.29 is 4.79 Å². The van der Waals surface area contributed by atoms with Crippen LogP contribution in [0.1, 0.15) is 20.8 Å². The van der Waals surface area contributed by atoms with Crippen molar-refractivity contribution in [2.45, 2.75) is 26.3 Å². The molecule has 4 heteroatoms. The maximum atomic E-state index is 11.9. The van der Waals surface area contributed by atoms with Crippen molar-refractivity contribution in [3.63, 3.8) is 0 Å².